The van der Waals surface area contributed by atoms with Gasteiger partial charge in [0.1, 0.15) is 0 Å². The molecule has 3 nitrogen and oxygen atoms in total. The van der Waals surface area contributed by atoms with E-state index in [4.69, 9.17) is 10.2 Å². The summed E-state index contributed by atoms with van der Waals surface area (Å²) in [7, 11) is 0. The molecule has 0 spiro atoms. The number of hydrogen-bond donors (Lipinski definition) is 2. The predicted molar refractivity (Wildman–Crippen MR) is 105 cm³/mol. The van der Waals surface area contributed by atoms with Gasteiger partial charge in [0.15, 0.2) is 0 Å². The molecule has 0 bridgehead atoms. The minimum absolute atomic E-state index is 0. The Kier molecular flexibility index (Phi) is 50.5. The van der Waals surface area contributed by atoms with Crippen molar-refractivity contribution in [1.82, 2.24) is 0 Å². The third kappa shape index (κ3) is 52.1. The molecule has 4 N–H and O–H groups in total. The monoisotopic (exact) mass is 336 g/mol. The SMILES string of the molecule is CCCCCCCCCCC.CCCCCCCO.CCO.O. The summed E-state index contributed by atoms with van der Waals surface area (Å²) in [4.78, 5) is 0. The van der Waals surface area contributed by atoms with Gasteiger partial charge in [0.2, 0.25) is 0 Å². The highest BCUT2D eigenvalue weighted by Crippen LogP contribution is 2.08. The Labute approximate surface area is 147 Å². The summed E-state index contributed by atoms with van der Waals surface area (Å²) in [5.74, 6) is 0. The second-order valence-electron chi connectivity index (χ2n) is 5.93. The maximum atomic E-state index is 8.37. The smallest absolute Gasteiger partial charge is 0.0431 e. The summed E-state index contributed by atoms with van der Waals surface area (Å²) in [5.41, 5.74) is 0. The molecule has 0 aromatic heterocycles. The second kappa shape index (κ2) is 37.8. The summed E-state index contributed by atoms with van der Waals surface area (Å²) in [5, 5.41) is 15.9. The molecular formula is C20H48O3. The number of unbranched alkanes of at least 4 members (excludes halogenated alkanes) is 12. The lowest BCUT2D eigenvalue weighted by molar-refractivity contribution is 0.282. The lowest BCUT2D eigenvalue weighted by atomic mass is 10.1. The molecule has 0 saturated heterocycles. The summed E-state index contributed by atoms with van der Waals surface area (Å²) in [6.45, 7) is 9.04. The van der Waals surface area contributed by atoms with Crippen molar-refractivity contribution < 1.29 is 15.7 Å². The van der Waals surface area contributed by atoms with Crippen LogP contribution in [0.2, 0.25) is 0 Å². The number of aliphatic hydroxyl groups excluding tert-OH is 2. The van der Waals surface area contributed by atoms with Crippen molar-refractivity contribution in [3.8, 4) is 0 Å². The Balaban J connectivity index is -0.000000133. The van der Waals surface area contributed by atoms with Gasteiger partial charge in [0.25, 0.3) is 0 Å². The molecule has 0 saturated carbocycles. The van der Waals surface area contributed by atoms with Gasteiger partial charge in [0.05, 0.1) is 0 Å². The molecule has 0 amide bonds. The summed E-state index contributed by atoms with van der Waals surface area (Å²) < 4.78 is 0. The molecule has 0 atom stereocenters. The number of rotatable bonds is 13. The molecular weight excluding hydrogens is 288 g/mol. The van der Waals surface area contributed by atoms with Gasteiger partial charge < -0.3 is 15.7 Å². The molecule has 146 valence electrons. The fraction of sp³-hybridized carbons (Fsp3) is 1.00. The highest BCUT2D eigenvalue weighted by Gasteiger charge is 1.89. The topological polar surface area (TPSA) is 72.0 Å². The van der Waals surface area contributed by atoms with Crippen LogP contribution in [0.4, 0.5) is 0 Å². The van der Waals surface area contributed by atoms with Gasteiger partial charge in [0, 0.05) is 13.2 Å². The average molecular weight is 337 g/mol. The van der Waals surface area contributed by atoms with Crippen molar-refractivity contribution in [2.24, 2.45) is 0 Å². The molecule has 3 heteroatoms. The molecule has 0 heterocycles. The van der Waals surface area contributed by atoms with E-state index in [0.717, 1.165) is 6.42 Å². The Bertz CT molecular complexity index is 127. The van der Waals surface area contributed by atoms with E-state index in [1.54, 1.807) is 6.92 Å². The predicted octanol–water partition coefficient (Wildman–Crippen LogP) is 5.66. The van der Waals surface area contributed by atoms with Crippen molar-refractivity contribution in [2.75, 3.05) is 13.2 Å². The first-order valence-electron chi connectivity index (χ1n) is 9.96. The first-order valence-corrected chi connectivity index (χ1v) is 9.96. The van der Waals surface area contributed by atoms with Crippen LogP contribution in [0.3, 0.4) is 0 Å². The van der Waals surface area contributed by atoms with Crippen molar-refractivity contribution in [3.63, 3.8) is 0 Å². The van der Waals surface area contributed by atoms with E-state index in [1.807, 2.05) is 0 Å². The average Bonchev–Trinajstić information content (AvgIpc) is 2.52. The van der Waals surface area contributed by atoms with E-state index in [9.17, 15) is 0 Å². The molecule has 0 rings (SSSR count). The fourth-order valence-electron chi connectivity index (χ4n) is 2.10. The van der Waals surface area contributed by atoms with Crippen LogP contribution in [0.25, 0.3) is 0 Å². The second-order valence-corrected chi connectivity index (χ2v) is 5.93. The van der Waals surface area contributed by atoms with Crippen molar-refractivity contribution in [1.29, 1.82) is 0 Å². The van der Waals surface area contributed by atoms with Crippen LogP contribution >= 0.6 is 0 Å². The van der Waals surface area contributed by atoms with E-state index in [-0.39, 0.29) is 12.1 Å². The number of hydrogen-bond acceptors (Lipinski definition) is 2. The van der Waals surface area contributed by atoms with Gasteiger partial charge in [-0.3, -0.25) is 0 Å². The molecule has 0 radical (unpaired) electrons. The van der Waals surface area contributed by atoms with E-state index in [1.165, 1.54) is 83.5 Å². The third-order valence-electron chi connectivity index (χ3n) is 3.47. The Morgan fingerprint density at radius 3 is 0.870 bits per heavy atom. The lowest BCUT2D eigenvalue weighted by Gasteiger charge is -1.98. The van der Waals surface area contributed by atoms with E-state index in [0.29, 0.717) is 6.61 Å². The van der Waals surface area contributed by atoms with Crippen molar-refractivity contribution in [3.05, 3.63) is 0 Å². The molecule has 0 unspecified atom stereocenters. The van der Waals surface area contributed by atoms with Gasteiger partial charge in [-0.1, -0.05) is 104 Å². The largest absolute Gasteiger partial charge is 0.412 e. The molecule has 0 aliphatic heterocycles. The molecule has 0 aliphatic carbocycles. The Morgan fingerprint density at radius 2 is 0.652 bits per heavy atom. The van der Waals surface area contributed by atoms with Gasteiger partial charge in [-0.25, -0.2) is 0 Å². The van der Waals surface area contributed by atoms with Crippen LogP contribution in [0.1, 0.15) is 118 Å². The zero-order valence-electron chi connectivity index (χ0n) is 16.7. The Morgan fingerprint density at radius 1 is 0.435 bits per heavy atom. The third-order valence-corrected chi connectivity index (χ3v) is 3.47. The highest BCUT2D eigenvalue weighted by molar-refractivity contribution is 4.44. The first-order chi connectivity index (χ1) is 10.7. The maximum absolute atomic E-state index is 8.37. The molecule has 0 fully saturated rings. The molecule has 0 aliphatic rings. The first kappa shape index (κ1) is 30.7. The van der Waals surface area contributed by atoms with Gasteiger partial charge >= 0.3 is 0 Å². The molecule has 0 aromatic carbocycles. The normalized spacial score (nSPS) is 9.13. The fourth-order valence-corrected chi connectivity index (χ4v) is 2.10. The summed E-state index contributed by atoms with van der Waals surface area (Å²) in [6, 6.07) is 0. The van der Waals surface area contributed by atoms with E-state index >= 15 is 0 Å². The quantitative estimate of drug-likeness (QED) is 0.426. The highest BCUT2D eigenvalue weighted by atomic mass is 16.3. The zero-order valence-corrected chi connectivity index (χ0v) is 16.7. The van der Waals surface area contributed by atoms with Crippen molar-refractivity contribution in [2.45, 2.75) is 118 Å². The van der Waals surface area contributed by atoms with Crippen LogP contribution in [0.5, 0.6) is 0 Å². The van der Waals surface area contributed by atoms with Crippen LogP contribution in [-0.2, 0) is 0 Å². The van der Waals surface area contributed by atoms with Gasteiger partial charge in [-0.15, -0.1) is 0 Å². The number of aliphatic hydroxyl groups is 2. The summed E-state index contributed by atoms with van der Waals surface area (Å²) in [6.07, 6.45) is 19.0. The lowest BCUT2D eigenvalue weighted by Crippen LogP contribution is -1.81. The minimum atomic E-state index is 0. The van der Waals surface area contributed by atoms with Gasteiger partial charge in [-0.2, -0.15) is 0 Å². The molecule has 0 aromatic rings. The van der Waals surface area contributed by atoms with Crippen LogP contribution in [0.15, 0.2) is 0 Å². The van der Waals surface area contributed by atoms with Crippen LogP contribution in [0, 0.1) is 0 Å². The van der Waals surface area contributed by atoms with Crippen molar-refractivity contribution >= 4 is 0 Å². The maximum Gasteiger partial charge on any atom is 0.0431 e. The van der Waals surface area contributed by atoms with E-state index in [2.05, 4.69) is 20.8 Å². The van der Waals surface area contributed by atoms with Gasteiger partial charge in [-0.05, 0) is 13.3 Å². The standard InChI is InChI=1S/C11H24.C7H16O.C2H6O.H2O/c1-3-5-7-9-11-10-8-6-4-2;1-2-3-4-5-6-7-8;1-2-3;/h3-11H2,1-2H3;8H,2-7H2,1H3;3H,2H2,1H3;1H2. The van der Waals surface area contributed by atoms with Crippen LogP contribution in [-0.4, -0.2) is 28.9 Å². The summed E-state index contributed by atoms with van der Waals surface area (Å²) >= 11 is 0. The van der Waals surface area contributed by atoms with E-state index < -0.39 is 0 Å². The Hall–Kier alpha value is -0.120. The molecule has 23 heavy (non-hydrogen) atoms. The minimum Gasteiger partial charge on any atom is -0.412 e. The van der Waals surface area contributed by atoms with Crippen LogP contribution < -0.4 is 0 Å². The zero-order chi connectivity index (χ0) is 17.3.